The molecule has 1 N–H and O–H groups in total. The number of nitrogens with zero attached hydrogens (tertiary/aromatic N) is 2. The van der Waals surface area contributed by atoms with Gasteiger partial charge >= 0.3 is 0 Å². The second kappa shape index (κ2) is 9.04. The van der Waals surface area contributed by atoms with Crippen LogP contribution in [0.25, 0.3) is 0 Å². The lowest BCUT2D eigenvalue weighted by Crippen LogP contribution is -2.37. The van der Waals surface area contributed by atoms with Gasteiger partial charge in [-0.2, -0.15) is 0 Å². The van der Waals surface area contributed by atoms with Crippen molar-refractivity contribution >= 4 is 17.6 Å². The van der Waals surface area contributed by atoms with Gasteiger partial charge in [0, 0.05) is 30.3 Å². The van der Waals surface area contributed by atoms with E-state index in [1.807, 2.05) is 42.5 Å². The summed E-state index contributed by atoms with van der Waals surface area (Å²) in [6, 6.07) is 12.5. The van der Waals surface area contributed by atoms with Crippen molar-refractivity contribution in [1.82, 2.24) is 10.2 Å². The highest BCUT2D eigenvalue weighted by Gasteiger charge is 2.36. The molecule has 1 unspecified atom stereocenters. The molecule has 4 rings (SSSR count). The Morgan fingerprint density at radius 3 is 2.71 bits per heavy atom. The van der Waals surface area contributed by atoms with Crippen molar-refractivity contribution in [2.75, 3.05) is 14.2 Å². The molecule has 2 aliphatic rings. The summed E-state index contributed by atoms with van der Waals surface area (Å²) < 4.78 is 11.1. The number of allylic oxidation sites excluding steroid dienone is 1. The Bertz CT molecular complexity index is 1060. The van der Waals surface area contributed by atoms with E-state index in [4.69, 9.17) is 9.47 Å². The molecule has 7 nitrogen and oxygen atoms in total. The van der Waals surface area contributed by atoms with Crippen molar-refractivity contribution in [3.8, 4) is 11.5 Å². The van der Waals surface area contributed by atoms with Crippen LogP contribution < -0.4 is 14.8 Å². The van der Waals surface area contributed by atoms with Crippen molar-refractivity contribution in [1.29, 1.82) is 0 Å². The number of para-hydroxylation sites is 1. The lowest BCUT2D eigenvalue weighted by Gasteiger charge is -2.29. The average molecular weight is 419 g/mol. The van der Waals surface area contributed by atoms with Crippen LogP contribution in [-0.2, 0) is 11.3 Å². The summed E-state index contributed by atoms with van der Waals surface area (Å²) in [6.07, 6.45) is 5.25. The van der Waals surface area contributed by atoms with Crippen molar-refractivity contribution in [2.45, 2.75) is 31.8 Å². The zero-order valence-electron chi connectivity index (χ0n) is 17.6. The maximum Gasteiger partial charge on any atom is 0.255 e. The maximum atomic E-state index is 13.2. The maximum absolute atomic E-state index is 13.2. The van der Waals surface area contributed by atoms with Gasteiger partial charge in [0.1, 0.15) is 5.84 Å². The van der Waals surface area contributed by atoms with Crippen molar-refractivity contribution < 1.29 is 19.1 Å². The second-order valence-electron chi connectivity index (χ2n) is 7.44. The number of fused-ring (bicyclic) bond motifs is 1. The normalized spacial score (nSPS) is 15.9. The minimum absolute atomic E-state index is 0.0754. The third-order valence-corrected chi connectivity index (χ3v) is 5.56. The summed E-state index contributed by atoms with van der Waals surface area (Å²) in [5.74, 6) is 1.41. The third-order valence-electron chi connectivity index (χ3n) is 5.56. The Morgan fingerprint density at radius 1 is 1.16 bits per heavy atom. The first-order valence-corrected chi connectivity index (χ1v) is 10.2. The molecule has 7 heteroatoms. The molecular weight excluding hydrogens is 394 g/mol. The molecule has 0 spiro atoms. The topological polar surface area (TPSA) is 80.2 Å². The van der Waals surface area contributed by atoms with E-state index in [1.54, 1.807) is 31.4 Å². The van der Waals surface area contributed by atoms with Crippen LogP contribution in [0.5, 0.6) is 11.5 Å². The van der Waals surface area contributed by atoms with Crippen molar-refractivity contribution in [2.24, 2.45) is 4.99 Å². The first-order valence-electron chi connectivity index (χ1n) is 10.2. The smallest absolute Gasteiger partial charge is 0.255 e. The van der Waals surface area contributed by atoms with E-state index in [0.29, 0.717) is 35.9 Å². The Labute approximate surface area is 181 Å². The predicted octanol–water partition coefficient (Wildman–Crippen LogP) is 3.61. The molecule has 0 fully saturated rings. The van der Waals surface area contributed by atoms with Crippen LogP contribution in [0.15, 0.2) is 59.7 Å². The quantitative estimate of drug-likeness (QED) is 0.776. The highest BCUT2D eigenvalue weighted by atomic mass is 16.5. The molecule has 2 aliphatic heterocycles. The van der Waals surface area contributed by atoms with Crippen LogP contribution in [0.4, 0.5) is 0 Å². The molecule has 1 atom stereocenters. The number of rotatable bonds is 6. The molecule has 0 radical (unpaired) electrons. The van der Waals surface area contributed by atoms with Crippen LogP contribution >= 0.6 is 0 Å². The molecule has 0 bridgehead atoms. The lowest BCUT2D eigenvalue weighted by molar-refractivity contribution is -0.120. The van der Waals surface area contributed by atoms with Crippen LogP contribution in [0, 0.1) is 0 Å². The molecule has 0 aromatic heterocycles. The predicted molar refractivity (Wildman–Crippen MR) is 117 cm³/mol. The number of amides is 2. The monoisotopic (exact) mass is 419 g/mol. The van der Waals surface area contributed by atoms with Gasteiger partial charge in [-0.3, -0.25) is 9.59 Å². The highest BCUT2D eigenvalue weighted by molar-refractivity contribution is 6.01. The van der Waals surface area contributed by atoms with Gasteiger partial charge in [0.15, 0.2) is 11.5 Å². The van der Waals surface area contributed by atoms with Gasteiger partial charge in [0.2, 0.25) is 5.91 Å². The van der Waals surface area contributed by atoms with Crippen LogP contribution in [0.3, 0.4) is 0 Å². The number of carbonyl (C=O) groups is 2. The van der Waals surface area contributed by atoms with E-state index >= 15 is 0 Å². The molecule has 0 saturated carbocycles. The number of methoxy groups -OCH3 is 2. The first kappa shape index (κ1) is 20.7. The summed E-state index contributed by atoms with van der Waals surface area (Å²) in [4.78, 5) is 32.1. The molecule has 160 valence electrons. The SMILES string of the molecule is COc1cccc(C(CC(=O)NC2=NC=CCC2)N2Cc3ccccc3C2=O)c1OC. The van der Waals surface area contributed by atoms with Gasteiger partial charge in [-0.15, -0.1) is 0 Å². The molecule has 0 aliphatic carbocycles. The van der Waals surface area contributed by atoms with Gasteiger partial charge in [-0.05, 0) is 24.1 Å². The van der Waals surface area contributed by atoms with Gasteiger partial charge in [-0.25, -0.2) is 4.99 Å². The fourth-order valence-corrected chi connectivity index (χ4v) is 4.08. The molecule has 2 amide bonds. The molecule has 2 aromatic rings. The number of ether oxygens (including phenoxy) is 2. The first-order chi connectivity index (χ1) is 15.1. The zero-order valence-corrected chi connectivity index (χ0v) is 17.6. The molecule has 2 heterocycles. The largest absolute Gasteiger partial charge is 0.493 e. The van der Waals surface area contributed by atoms with E-state index in [2.05, 4.69) is 10.3 Å². The summed E-state index contributed by atoms with van der Waals surface area (Å²) in [6.45, 7) is 0.428. The fraction of sp³-hybridized carbons (Fsp3) is 0.292. The number of carbonyl (C=O) groups excluding carboxylic acids is 2. The van der Waals surface area contributed by atoms with Gasteiger partial charge < -0.3 is 19.7 Å². The number of nitrogens with one attached hydrogen (secondary N) is 1. The van der Waals surface area contributed by atoms with E-state index in [9.17, 15) is 9.59 Å². The van der Waals surface area contributed by atoms with Gasteiger partial charge in [0.25, 0.3) is 5.91 Å². The Morgan fingerprint density at radius 2 is 2.00 bits per heavy atom. The van der Waals surface area contributed by atoms with Crippen LogP contribution in [-0.4, -0.2) is 36.8 Å². The van der Waals surface area contributed by atoms with Crippen LogP contribution in [0.2, 0.25) is 0 Å². The Kier molecular flexibility index (Phi) is 6.02. The second-order valence-corrected chi connectivity index (χ2v) is 7.44. The van der Waals surface area contributed by atoms with Crippen LogP contribution in [0.1, 0.15) is 46.8 Å². The highest BCUT2D eigenvalue weighted by Crippen LogP contribution is 2.41. The Hall–Kier alpha value is -3.61. The number of amidine groups is 1. The summed E-state index contributed by atoms with van der Waals surface area (Å²) in [7, 11) is 3.12. The number of benzene rings is 2. The third kappa shape index (κ3) is 4.17. The van der Waals surface area contributed by atoms with E-state index in [0.717, 1.165) is 17.5 Å². The minimum atomic E-state index is -0.523. The van der Waals surface area contributed by atoms with E-state index < -0.39 is 6.04 Å². The fourth-order valence-electron chi connectivity index (χ4n) is 4.08. The van der Waals surface area contributed by atoms with E-state index in [1.165, 1.54) is 0 Å². The number of aliphatic imine (C=N–C) groups is 1. The Balaban J connectivity index is 1.68. The van der Waals surface area contributed by atoms with Crippen molar-refractivity contribution in [3.05, 3.63) is 71.4 Å². The standard InChI is InChI=1S/C24H25N3O4/c1-30-20-11-7-10-18(23(20)31-2)19(14-22(28)26-21-12-5-6-13-25-21)27-15-16-8-3-4-9-17(16)24(27)29/h3-4,6-11,13,19H,5,12,14-15H2,1-2H3,(H,25,26,28). The molecule has 0 saturated heterocycles. The molecular formula is C24H25N3O4. The summed E-state index contributed by atoms with van der Waals surface area (Å²) in [5.41, 5.74) is 2.33. The summed E-state index contributed by atoms with van der Waals surface area (Å²) >= 11 is 0. The molecule has 2 aromatic carbocycles. The molecule has 31 heavy (non-hydrogen) atoms. The van der Waals surface area contributed by atoms with Gasteiger partial charge in [-0.1, -0.05) is 36.4 Å². The average Bonchev–Trinajstić information content (AvgIpc) is 3.14. The van der Waals surface area contributed by atoms with Crippen molar-refractivity contribution in [3.63, 3.8) is 0 Å². The lowest BCUT2D eigenvalue weighted by atomic mass is 9.99. The van der Waals surface area contributed by atoms with E-state index in [-0.39, 0.29) is 18.2 Å². The van der Waals surface area contributed by atoms with Gasteiger partial charge in [0.05, 0.1) is 26.7 Å². The number of hydrogen-bond acceptors (Lipinski definition) is 5. The summed E-state index contributed by atoms with van der Waals surface area (Å²) in [5, 5.41) is 2.89. The minimum Gasteiger partial charge on any atom is -0.493 e. The zero-order chi connectivity index (χ0) is 21.8. The number of hydrogen-bond donors (Lipinski definition) is 1.